The molecule has 0 fully saturated rings. The van der Waals surface area contributed by atoms with Crippen molar-refractivity contribution in [3.8, 4) is 5.75 Å². The average Bonchev–Trinajstić information content (AvgIpc) is 2.80. The third-order valence-corrected chi connectivity index (χ3v) is 4.36. The predicted molar refractivity (Wildman–Crippen MR) is 121 cm³/mol. The summed E-state index contributed by atoms with van der Waals surface area (Å²) >= 11 is 5.82. The molecule has 0 aliphatic heterocycles. The summed E-state index contributed by atoms with van der Waals surface area (Å²) in [5.41, 5.74) is 3.13. The topological polar surface area (TPSA) is 111 Å². The molecule has 160 valence electrons. The molecule has 0 bridgehead atoms. The van der Waals surface area contributed by atoms with E-state index < -0.39 is 22.5 Å². The van der Waals surface area contributed by atoms with Crippen LogP contribution in [0.25, 0.3) is 6.08 Å². The van der Waals surface area contributed by atoms with Crippen LogP contribution in [0.4, 0.5) is 5.69 Å². The van der Waals surface area contributed by atoms with Crippen LogP contribution in [-0.2, 0) is 4.79 Å². The smallest absolute Gasteiger partial charge is 0.336 e. The second kappa shape index (κ2) is 10.6. The van der Waals surface area contributed by atoms with E-state index in [0.29, 0.717) is 16.1 Å². The van der Waals surface area contributed by atoms with Crippen LogP contribution < -0.4 is 10.2 Å². The van der Waals surface area contributed by atoms with Crippen LogP contribution in [0.1, 0.15) is 21.5 Å². The molecule has 0 aliphatic rings. The van der Waals surface area contributed by atoms with E-state index >= 15 is 0 Å². The molecule has 1 N–H and O–H groups in total. The first kappa shape index (κ1) is 22.4. The van der Waals surface area contributed by atoms with E-state index in [1.54, 1.807) is 54.6 Å². The van der Waals surface area contributed by atoms with Crippen molar-refractivity contribution in [1.29, 1.82) is 0 Å². The van der Waals surface area contributed by atoms with E-state index in [-0.39, 0.29) is 11.3 Å². The van der Waals surface area contributed by atoms with Crippen LogP contribution in [0, 0.1) is 10.1 Å². The molecule has 3 aromatic carbocycles. The predicted octanol–water partition coefficient (Wildman–Crippen LogP) is 4.63. The van der Waals surface area contributed by atoms with E-state index in [1.807, 2.05) is 0 Å². The van der Waals surface area contributed by atoms with E-state index in [1.165, 1.54) is 30.5 Å². The number of benzene rings is 3. The normalized spacial score (nSPS) is 10.9. The number of hydrogen-bond acceptors (Lipinski definition) is 6. The lowest BCUT2D eigenvalue weighted by Gasteiger charge is -2.06. The van der Waals surface area contributed by atoms with Gasteiger partial charge in [0.25, 0.3) is 5.91 Å². The Morgan fingerprint density at radius 1 is 1.00 bits per heavy atom. The van der Waals surface area contributed by atoms with E-state index in [2.05, 4.69) is 10.5 Å². The molecule has 0 heterocycles. The summed E-state index contributed by atoms with van der Waals surface area (Å²) in [4.78, 5) is 35.1. The van der Waals surface area contributed by atoms with E-state index in [0.717, 1.165) is 6.08 Å². The highest BCUT2D eigenvalue weighted by molar-refractivity contribution is 6.30. The number of hydrogen-bond donors (Lipinski definition) is 1. The van der Waals surface area contributed by atoms with Crippen LogP contribution >= 0.6 is 11.6 Å². The van der Waals surface area contributed by atoms with Crippen molar-refractivity contribution in [2.45, 2.75) is 0 Å². The van der Waals surface area contributed by atoms with Crippen molar-refractivity contribution in [2.75, 3.05) is 0 Å². The molecule has 0 aromatic heterocycles. The molecule has 8 nitrogen and oxygen atoms in total. The lowest BCUT2D eigenvalue weighted by atomic mass is 10.2. The number of ether oxygens (including phenoxy) is 1. The molecule has 0 saturated heterocycles. The number of nitrogens with one attached hydrogen (secondary N) is 1. The number of nitro groups is 1. The highest BCUT2D eigenvalue weighted by Crippen LogP contribution is 2.30. The van der Waals surface area contributed by atoms with Gasteiger partial charge in [-0.1, -0.05) is 48.0 Å². The number of amides is 1. The molecule has 0 unspecified atom stereocenters. The summed E-state index contributed by atoms with van der Waals surface area (Å²) in [5, 5.41) is 15.8. The van der Waals surface area contributed by atoms with Gasteiger partial charge in [0.05, 0.1) is 11.1 Å². The quantitative estimate of drug-likeness (QED) is 0.141. The van der Waals surface area contributed by atoms with Crippen molar-refractivity contribution >= 4 is 41.5 Å². The molecule has 9 heteroatoms. The first-order valence-corrected chi connectivity index (χ1v) is 9.63. The SMILES string of the molecule is O=C(/C=C/c1ccc(Cl)cc1)Oc1c(/C=N/NC(=O)c2ccccc2)cccc1[N+](=O)[O-]. The Kier molecular flexibility index (Phi) is 7.45. The zero-order valence-electron chi connectivity index (χ0n) is 16.5. The molecule has 1 amide bonds. The first-order valence-electron chi connectivity index (χ1n) is 9.25. The van der Waals surface area contributed by atoms with E-state index in [9.17, 15) is 19.7 Å². The zero-order valence-corrected chi connectivity index (χ0v) is 17.2. The molecule has 0 atom stereocenters. The fourth-order valence-electron chi connectivity index (χ4n) is 2.59. The molecule has 0 saturated carbocycles. The Morgan fingerprint density at radius 2 is 1.72 bits per heavy atom. The summed E-state index contributed by atoms with van der Waals surface area (Å²) in [7, 11) is 0. The number of carbonyl (C=O) groups is 2. The Hall–Kier alpha value is -4.30. The van der Waals surface area contributed by atoms with Gasteiger partial charge >= 0.3 is 11.7 Å². The minimum Gasteiger partial charge on any atom is -0.415 e. The number of halogens is 1. The van der Waals surface area contributed by atoms with Gasteiger partial charge in [-0.25, -0.2) is 10.2 Å². The summed E-state index contributed by atoms with van der Waals surface area (Å²) in [6.07, 6.45) is 3.79. The number of para-hydroxylation sites is 1. The monoisotopic (exact) mass is 449 g/mol. The zero-order chi connectivity index (χ0) is 22.9. The largest absolute Gasteiger partial charge is 0.415 e. The molecule has 3 rings (SSSR count). The van der Waals surface area contributed by atoms with Gasteiger partial charge in [0, 0.05) is 28.3 Å². The Labute approximate surface area is 187 Å². The fourth-order valence-corrected chi connectivity index (χ4v) is 2.71. The third-order valence-electron chi connectivity index (χ3n) is 4.11. The highest BCUT2D eigenvalue weighted by Gasteiger charge is 2.20. The van der Waals surface area contributed by atoms with Crippen molar-refractivity contribution in [2.24, 2.45) is 5.10 Å². The Balaban J connectivity index is 1.78. The summed E-state index contributed by atoms with van der Waals surface area (Å²) in [5.74, 6) is -1.57. The highest BCUT2D eigenvalue weighted by atomic mass is 35.5. The summed E-state index contributed by atoms with van der Waals surface area (Å²) in [6.45, 7) is 0. The van der Waals surface area contributed by atoms with Crippen molar-refractivity contribution in [1.82, 2.24) is 5.43 Å². The minimum absolute atomic E-state index is 0.140. The van der Waals surface area contributed by atoms with Crippen molar-refractivity contribution in [3.63, 3.8) is 0 Å². The van der Waals surface area contributed by atoms with Gasteiger partial charge in [0.1, 0.15) is 0 Å². The average molecular weight is 450 g/mol. The lowest BCUT2D eigenvalue weighted by molar-refractivity contribution is -0.385. The van der Waals surface area contributed by atoms with E-state index in [4.69, 9.17) is 16.3 Å². The first-order chi connectivity index (χ1) is 15.4. The van der Waals surface area contributed by atoms with Gasteiger partial charge in [0.2, 0.25) is 5.75 Å². The Morgan fingerprint density at radius 3 is 2.41 bits per heavy atom. The Bertz CT molecular complexity index is 1190. The van der Waals surface area contributed by atoms with Gasteiger partial charge in [-0.3, -0.25) is 14.9 Å². The molecular weight excluding hydrogens is 434 g/mol. The maximum Gasteiger partial charge on any atom is 0.336 e. The van der Waals surface area contributed by atoms with Crippen LogP contribution in [0.15, 0.2) is 84.0 Å². The second-order valence-electron chi connectivity index (χ2n) is 6.32. The number of nitro benzene ring substituents is 1. The van der Waals surface area contributed by atoms with Crippen molar-refractivity contribution in [3.05, 3.63) is 111 Å². The van der Waals surface area contributed by atoms with Gasteiger partial charge in [-0.05, 0) is 42.0 Å². The summed E-state index contributed by atoms with van der Waals surface area (Å²) in [6, 6.07) is 19.2. The van der Waals surface area contributed by atoms with Gasteiger partial charge in [0.15, 0.2) is 0 Å². The number of esters is 1. The molecule has 0 spiro atoms. The number of nitrogens with zero attached hydrogens (tertiary/aromatic N) is 2. The van der Waals surface area contributed by atoms with Gasteiger partial charge in [-0.15, -0.1) is 0 Å². The molecule has 3 aromatic rings. The molecular formula is C23H16ClN3O5. The van der Waals surface area contributed by atoms with Crippen LogP contribution in [0.5, 0.6) is 5.75 Å². The molecule has 0 radical (unpaired) electrons. The number of rotatable bonds is 7. The van der Waals surface area contributed by atoms with Crippen LogP contribution in [-0.4, -0.2) is 23.0 Å². The van der Waals surface area contributed by atoms with Crippen LogP contribution in [0.3, 0.4) is 0 Å². The molecule has 32 heavy (non-hydrogen) atoms. The molecule has 0 aliphatic carbocycles. The van der Waals surface area contributed by atoms with Crippen LogP contribution in [0.2, 0.25) is 5.02 Å². The van der Waals surface area contributed by atoms with Crippen molar-refractivity contribution < 1.29 is 19.2 Å². The standard InChI is InChI=1S/C23H16ClN3O5/c24-19-12-9-16(10-13-19)11-14-21(28)32-22-18(7-4-8-20(22)27(30)31)15-25-26-23(29)17-5-2-1-3-6-17/h1-15H,(H,26,29)/b14-11+,25-15+. The second-order valence-corrected chi connectivity index (χ2v) is 6.76. The number of hydrazone groups is 1. The maximum absolute atomic E-state index is 12.3. The minimum atomic E-state index is -0.822. The maximum atomic E-state index is 12.3. The van der Waals surface area contributed by atoms with Gasteiger partial charge in [-0.2, -0.15) is 5.10 Å². The fraction of sp³-hybridized carbons (Fsp3) is 0. The van der Waals surface area contributed by atoms with Gasteiger partial charge < -0.3 is 4.74 Å². The lowest BCUT2D eigenvalue weighted by Crippen LogP contribution is -2.17. The third kappa shape index (κ3) is 6.10. The number of carbonyl (C=O) groups excluding carboxylic acids is 2. The summed E-state index contributed by atoms with van der Waals surface area (Å²) < 4.78 is 5.23.